The Morgan fingerprint density at radius 1 is 1.24 bits per heavy atom. The predicted octanol–water partition coefficient (Wildman–Crippen LogP) is 3.67. The summed E-state index contributed by atoms with van der Waals surface area (Å²) in [4.78, 5) is 34.4. The third kappa shape index (κ3) is 5.71. The lowest BCUT2D eigenvalue weighted by Gasteiger charge is -2.18. The van der Waals surface area contributed by atoms with Gasteiger partial charge >= 0.3 is 0 Å². The van der Waals surface area contributed by atoms with Gasteiger partial charge in [0.1, 0.15) is 5.82 Å². The Hall–Kier alpha value is -3.47. The molecule has 10 nitrogen and oxygen atoms in total. The van der Waals surface area contributed by atoms with Gasteiger partial charge in [-0.15, -0.1) is 0 Å². The standard InChI is InChI=1S/C23H27N7O3S/c1-2-15-34-23-26-21(28-12-3-4-13-28)19-16-25-29(22(19)27-23)14-11-24-20(31)10-7-17-5-8-18(9-6-17)30(32)33/h5-10,16H,2-4,11-15H2,1H3,(H,24,31)/b10-7-. The van der Waals surface area contributed by atoms with Crippen LogP contribution in [-0.2, 0) is 11.3 Å². The number of benzene rings is 1. The highest BCUT2D eigenvalue weighted by Crippen LogP contribution is 2.29. The molecule has 0 atom stereocenters. The number of carbonyl (C=O) groups excluding carboxylic acids is 1. The molecule has 11 heteroatoms. The van der Waals surface area contributed by atoms with Crippen molar-refractivity contribution in [2.75, 3.05) is 30.3 Å². The van der Waals surface area contributed by atoms with Gasteiger partial charge in [-0.3, -0.25) is 14.9 Å². The van der Waals surface area contributed by atoms with Gasteiger partial charge in [-0.25, -0.2) is 14.6 Å². The number of nitro groups is 1. The summed E-state index contributed by atoms with van der Waals surface area (Å²) in [5, 5.41) is 19.8. The molecule has 0 unspecified atom stereocenters. The molecule has 178 valence electrons. The zero-order chi connectivity index (χ0) is 23.9. The second-order valence-corrected chi connectivity index (χ2v) is 9.01. The summed E-state index contributed by atoms with van der Waals surface area (Å²) in [5.41, 5.74) is 1.51. The minimum atomic E-state index is -0.455. The Morgan fingerprint density at radius 2 is 2.00 bits per heavy atom. The van der Waals surface area contributed by atoms with Gasteiger partial charge in [0, 0.05) is 43.6 Å². The lowest BCUT2D eigenvalue weighted by molar-refractivity contribution is -0.384. The van der Waals surface area contributed by atoms with Gasteiger partial charge < -0.3 is 10.2 Å². The fourth-order valence-corrected chi connectivity index (χ4v) is 4.42. The largest absolute Gasteiger partial charge is 0.356 e. The second-order valence-electron chi connectivity index (χ2n) is 7.95. The molecule has 1 fully saturated rings. The van der Waals surface area contributed by atoms with Crippen molar-refractivity contribution in [2.45, 2.75) is 37.9 Å². The monoisotopic (exact) mass is 481 g/mol. The second kappa shape index (κ2) is 11.1. The summed E-state index contributed by atoms with van der Waals surface area (Å²) < 4.78 is 1.81. The number of aromatic nitrogens is 4. The normalized spacial score (nSPS) is 13.7. The van der Waals surface area contributed by atoms with E-state index in [4.69, 9.17) is 9.97 Å². The van der Waals surface area contributed by atoms with Crippen molar-refractivity contribution in [3.63, 3.8) is 0 Å². The summed E-state index contributed by atoms with van der Waals surface area (Å²) >= 11 is 1.65. The van der Waals surface area contributed by atoms with Crippen molar-refractivity contribution < 1.29 is 9.72 Å². The van der Waals surface area contributed by atoms with Gasteiger partial charge in [0.05, 0.1) is 23.1 Å². The summed E-state index contributed by atoms with van der Waals surface area (Å²) in [6, 6.07) is 6.02. The van der Waals surface area contributed by atoms with E-state index in [1.54, 1.807) is 30.0 Å². The van der Waals surface area contributed by atoms with Gasteiger partial charge in [0.2, 0.25) is 5.91 Å². The van der Waals surface area contributed by atoms with Gasteiger partial charge in [0.25, 0.3) is 5.69 Å². The maximum atomic E-state index is 12.2. The molecule has 0 spiro atoms. The molecule has 0 saturated carbocycles. The zero-order valence-electron chi connectivity index (χ0n) is 19.0. The number of carbonyl (C=O) groups is 1. The van der Waals surface area contributed by atoms with Crippen molar-refractivity contribution in [2.24, 2.45) is 0 Å². The molecule has 1 aliphatic heterocycles. The van der Waals surface area contributed by atoms with E-state index in [0.717, 1.165) is 60.1 Å². The first-order chi connectivity index (χ1) is 16.5. The molecule has 1 amide bonds. The fourth-order valence-electron chi connectivity index (χ4n) is 3.74. The number of amides is 1. The maximum Gasteiger partial charge on any atom is 0.269 e. The van der Waals surface area contributed by atoms with Crippen LogP contribution in [0, 0.1) is 10.1 Å². The summed E-state index contributed by atoms with van der Waals surface area (Å²) in [6.07, 6.45) is 8.22. The van der Waals surface area contributed by atoms with Crippen molar-refractivity contribution in [1.29, 1.82) is 0 Å². The number of hydrogen-bond acceptors (Lipinski definition) is 8. The highest BCUT2D eigenvalue weighted by Gasteiger charge is 2.20. The van der Waals surface area contributed by atoms with E-state index in [0.29, 0.717) is 18.7 Å². The first-order valence-electron chi connectivity index (χ1n) is 11.4. The molecular weight excluding hydrogens is 454 g/mol. The first kappa shape index (κ1) is 23.7. The molecule has 3 aromatic rings. The van der Waals surface area contributed by atoms with Gasteiger partial charge in [-0.05, 0) is 43.0 Å². The topological polar surface area (TPSA) is 119 Å². The SMILES string of the molecule is CCCSc1nc(N2CCCC2)c2cnn(CCNC(=O)/C=C\c3ccc([N+](=O)[O-])cc3)c2n1. The van der Waals surface area contributed by atoms with E-state index in [9.17, 15) is 14.9 Å². The van der Waals surface area contributed by atoms with Crippen LogP contribution in [0.4, 0.5) is 11.5 Å². The van der Waals surface area contributed by atoms with E-state index >= 15 is 0 Å². The number of rotatable bonds is 10. The average Bonchev–Trinajstić information content (AvgIpc) is 3.52. The van der Waals surface area contributed by atoms with Crippen LogP contribution in [-0.4, -0.2) is 56.0 Å². The third-order valence-corrected chi connectivity index (χ3v) is 6.50. The first-order valence-corrected chi connectivity index (χ1v) is 12.4. The smallest absolute Gasteiger partial charge is 0.269 e. The van der Waals surface area contributed by atoms with Crippen LogP contribution in [0.2, 0.25) is 0 Å². The van der Waals surface area contributed by atoms with E-state index in [1.807, 2.05) is 10.9 Å². The summed E-state index contributed by atoms with van der Waals surface area (Å²) in [6.45, 7) is 4.99. The van der Waals surface area contributed by atoms with Crippen molar-refractivity contribution >= 4 is 46.3 Å². The highest BCUT2D eigenvalue weighted by molar-refractivity contribution is 7.99. The number of nitro benzene ring substituents is 1. The Kier molecular flexibility index (Phi) is 7.73. The lowest BCUT2D eigenvalue weighted by Crippen LogP contribution is -2.26. The van der Waals surface area contributed by atoms with Crippen LogP contribution in [0.15, 0.2) is 41.7 Å². The van der Waals surface area contributed by atoms with E-state index in [-0.39, 0.29) is 11.6 Å². The van der Waals surface area contributed by atoms with Crippen molar-refractivity contribution in [1.82, 2.24) is 25.1 Å². The van der Waals surface area contributed by atoms with Crippen LogP contribution in [0.25, 0.3) is 17.1 Å². The number of hydrogen-bond donors (Lipinski definition) is 1. The van der Waals surface area contributed by atoms with Crippen LogP contribution < -0.4 is 10.2 Å². The molecule has 0 radical (unpaired) electrons. The molecule has 34 heavy (non-hydrogen) atoms. The molecular formula is C23H27N7O3S. The Balaban J connectivity index is 1.41. The molecule has 1 aliphatic rings. The maximum absolute atomic E-state index is 12.2. The fraction of sp³-hybridized carbons (Fsp3) is 0.391. The molecule has 3 heterocycles. The molecule has 0 aliphatic carbocycles. The molecule has 1 N–H and O–H groups in total. The Morgan fingerprint density at radius 3 is 2.71 bits per heavy atom. The number of fused-ring (bicyclic) bond motifs is 1. The molecule has 1 aromatic carbocycles. The predicted molar refractivity (Wildman–Crippen MR) is 133 cm³/mol. The number of anilines is 1. The summed E-state index contributed by atoms with van der Waals surface area (Å²) in [5.74, 6) is 1.65. The molecule has 0 bridgehead atoms. The van der Waals surface area contributed by atoms with Crippen LogP contribution in [0.1, 0.15) is 31.7 Å². The highest BCUT2D eigenvalue weighted by atomic mass is 32.2. The Labute approximate surface area is 201 Å². The zero-order valence-corrected chi connectivity index (χ0v) is 19.8. The van der Waals surface area contributed by atoms with Crippen LogP contribution in [0.3, 0.4) is 0 Å². The van der Waals surface area contributed by atoms with Crippen LogP contribution >= 0.6 is 11.8 Å². The van der Waals surface area contributed by atoms with E-state index in [1.165, 1.54) is 18.2 Å². The number of non-ortho nitro benzene ring substituents is 1. The minimum absolute atomic E-state index is 0.0148. The number of nitrogens with zero attached hydrogens (tertiary/aromatic N) is 6. The van der Waals surface area contributed by atoms with E-state index < -0.39 is 4.92 Å². The van der Waals surface area contributed by atoms with Gasteiger partial charge in [0.15, 0.2) is 10.8 Å². The Bertz CT molecular complexity index is 1190. The molecule has 1 saturated heterocycles. The quantitative estimate of drug-likeness (QED) is 0.153. The van der Waals surface area contributed by atoms with E-state index in [2.05, 4.69) is 22.2 Å². The van der Waals surface area contributed by atoms with Gasteiger partial charge in [-0.1, -0.05) is 18.7 Å². The van der Waals surface area contributed by atoms with Gasteiger partial charge in [-0.2, -0.15) is 5.10 Å². The molecule has 4 rings (SSSR count). The van der Waals surface area contributed by atoms with Crippen molar-refractivity contribution in [3.05, 3.63) is 52.2 Å². The third-order valence-electron chi connectivity index (χ3n) is 5.45. The molecule has 2 aromatic heterocycles. The number of thioether (sulfide) groups is 1. The summed E-state index contributed by atoms with van der Waals surface area (Å²) in [7, 11) is 0. The van der Waals surface area contributed by atoms with Crippen LogP contribution in [0.5, 0.6) is 0 Å². The average molecular weight is 482 g/mol. The van der Waals surface area contributed by atoms with Crippen molar-refractivity contribution in [3.8, 4) is 0 Å². The number of nitrogens with one attached hydrogen (secondary N) is 1. The lowest BCUT2D eigenvalue weighted by atomic mass is 10.2. The minimum Gasteiger partial charge on any atom is -0.356 e.